The molecule has 7 heteroatoms. The molecule has 1 N–H and O–H groups in total. The van der Waals surface area contributed by atoms with Crippen molar-refractivity contribution in [1.82, 2.24) is 5.32 Å². The Hall–Kier alpha value is -2.05. The molecule has 0 spiro atoms. The van der Waals surface area contributed by atoms with Crippen LogP contribution in [0.5, 0.6) is 0 Å². The minimum Gasteiger partial charge on any atom is -0.352 e. The van der Waals surface area contributed by atoms with Gasteiger partial charge in [-0.1, -0.05) is 47.5 Å². The molecule has 1 amide bonds. The molecule has 140 valence electrons. The van der Waals surface area contributed by atoms with Crippen molar-refractivity contribution in [3.05, 3.63) is 64.2 Å². The topological polar surface area (TPSA) is 66.5 Å². The van der Waals surface area contributed by atoms with Gasteiger partial charge in [-0.2, -0.15) is 0 Å². The van der Waals surface area contributed by atoms with Crippen molar-refractivity contribution < 1.29 is 13.2 Å². The number of benzene rings is 2. The van der Waals surface area contributed by atoms with Gasteiger partial charge in [0.2, 0.25) is 15.9 Å². The molecule has 2 rings (SSSR count). The third kappa shape index (κ3) is 5.75. The first kappa shape index (κ1) is 20.3. The second-order valence-electron chi connectivity index (χ2n) is 6.28. The summed E-state index contributed by atoms with van der Waals surface area (Å²) in [6.45, 7) is 4.27. The molecule has 0 radical (unpaired) electrons. The zero-order chi connectivity index (χ0) is 19.3. The van der Waals surface area contributed by atoms with Gasteiger partial charge in [0, 0.05) is 24.5 Å². The van der Waals surface area contributed by atoms with Crippen molar-refractivity contribution in [3.63, 3.8) is 0 Å². The molecule has 0 atom stereocenters. The molecule has 0 fully saturated rings. The lowest BCUT2D eigenvalue weighted by Gasteiger charge is -2.24. The summed E-state index contributed by atoms with van der Waals surface area (Å²) in [6.07, 6.45) is 1.18. The number of carbonyl (C=O) groups excluding carboxylic acids is 1. The zero-order valence-corrected chi connectivity index (χ0v) is 16.7. The Morgan fingerprint density at radius 2 is 1.77 bits per heavy atom. The van der Waals surface area contributed by atoms with E-state index in [-0.39, 0.29) is 18.9 Å². The molecule has 0 saturated heterocycles. The summed E-state index contributed by atoms with van der Waals surface area (Å²) >= 11 is 6.00. The summed E-state index contributed by atoms with van der Waals surface area (Å²) in [5.74, 6) is -0.209. The highest BCUT2D eigenvalue weighted by Gasteiger charge is 2.20. The fraction of sp³-hybridized carbons (Fsp3) is 0.316. The minimum atomic E-state index is -3.53. The van der Waals surface area contributed by atoms with Crippen LogP contribution in [-0.4, -0.2) is 27.1 Å². The fourth-order valence-electron chi connectivity index (χ4n) is 2.51. The first-order chi connectivity index (χ1) is 12.2. The van der Waals surface area contributed by atoms with Crippen LogP contribution in [0.25, 0.3) is 0 Å². The van der Waals surface area contributed by atoms with Crippen molar-refractivity contribution >= 4 is 33.2 Å². The predicted octanol–water partition coefficient (Wildman–Crippen LogP) is 3.43. The molecular weight excluding hydrogens is 372 g/mol. The van der Waals surface area contributed by atoms with Crippen molar-refractivity contribution in [1.29, 1.82) is 0 Å². The number of nitrogens with one attached hydrogen (secondary N) is 1. The SMILES string of the molecule is Cc1ccc(CNC(=O)CCN(c2cc(Cl)ccc2C)S(C)(=O)=O)cc1. The molecule has 0 aliphatic heterocycles. The van der Waals surface area contributed by atoms with Gasteiger partial charge < -0.3 is 5.32 Å². The Morgan fingerprint density at radius 1 is 1.12 bits per heavy atom. The maximum absolute atomic E-state index is 12.2. The molecule has 0 unspecified atom stereocenters. The van der Waals surface area contributed by atoms with Gasteiger partial charge in [0.05, 0.1) is 11.9 Å². The lowest BCUT2D eigenvalue weighted by atomic mass is 10.1. The Bertz CT molecular complexity index is 880. The quantitative estimate of drug-likeness (QED) is 0.782. The number of hydrogen-bond acceptors (Lipinski definition) is 3. The van der Waals surface area contributed by atoms with Gasteiger partial charge in [-0.15, -0.1) is 0 Å². The number of carbonyl (C=O) groups is 1. The number of nitrogens with zero attached hydrogens (tertiary/aromatic N) is 1. The Labute approximate surface area is 160 Å². The summed E-state index contributed by atoms with van der Waals surface area (Å²) in [5.41, 5.74) is 3.42. The van der Waals surface area contributed by atoms with E-state index in [0.29, 0.717) is 17.3 Å². The summed E-state index contributed by atoms with van der Waals surface area (Å²) in [4.78, 5) is 12.1. The van der Waals surface area contributed by atoms with E-state index < -0.39 is 10.0 Å². The van der Waals surface area contributed by atoms with Gasteiger partial charge in [0.25, 0.3) is 0 Å². The highest BCUT2D eigenvalue weighted by atomic mass is 35.5. The van der Waals surface area contributed by atoms with Gasteiger partial charge >= 0.3 is 0 Å². The molecule has 0 heterocycles. The number of amides is 1. The monoisotopic (exact) mass is 394 g/mol. The van der Waals surface area contributed by atoms with E-state index in [1.807, 2.05) is 31.2 Å². The van der Waals surface area contributed by atoms with Crippen molar-refractivity contribution in [2.45, 2.75) is 26.8 Å². The number of rotatable bonds is 7. The maximum atomic E-state index is 12.2. The summed E-state index contributed by atoms with van der Waals surface area (Å²) in [5, 5.41) is 3.26. The van der Waals surface area contributed by atoms with Crippen LogP contribution in [0.3, 0.4) is 0 Å². The van der Waals surface area contributed by atoms with Crippen LogP contribution in [0.2, 0.25) is 5.02 Å². The van der Waals surface area contributed by atoms with Crippen LogP contribution in [0.1, 0.15) is 23.1 Å². The third-order valence-corrected chi connectivity index (χ3v) is 5.41. The molecule has 2 aromatic rings. The molecule has 0 aliphatic rings. The van der Waals surface area contributed by atoms with Crippen molar-refractivity contribution in [2.75, 3.05) is 17.1 Å². The lowest BCUT2D eigenvalue weighted by Crippen LogP contribution is -2.35. The van der Waals surface area contributed by atoms with Gasteiger partial charge in [-0.05, 0) is 37.1 Å². The normalized spacial score (nSPS) is 11.2. The summed E-state index contributed by atoms with van der Waals surface area (Å²) in [6, 6.07) is 12.9. The van der Waals surface area contributed by atoms with E-state index in [2.05, 4.69) is 5.32 Å². The standard InChI is InChI=1S/C19H23ClN2O3S/c1-14-4-7-16(8-5-14)13-21-19(23)10-11-22(26(3,24)25)18-12-17(20)9-6-15(18)2/h4-9,12H,10-11,13H2,1-3H3,(H,21,23). The van der Waals surface area contributed by atoms with Crippen molar-refractivity contribution in [3.8, 4) is 0 Å². The van der Waals surface area contributed by atoms with Gasteiger partial charge in [0.1, 0.15) is 0 Å². The average molecular weight is 395 g/mol. The van der Waals surface area contributed by atoms with Crippen LogP contribution in [0, 0.1) is 13.8 Å². The van der Waals surface area contributed by atoms with Gasteiger partial charge in [0.15, 0.2) is 0 Å². The molecule has 26 heavy (non-hydrogen) atoms. The van der Waals surface area contributed by atoms with Crippen molar-refractivity contribution in [2.24, 2.45) is 0 Å². The van der Waals surface area contributed by atoms with E-state index in [0.717, 1.165) is 22.9 Å². The largest absolute Gasteiger partial charge is 0.352 e. The number of hydrogen-bond donors (Lipinski definition) is 1. The van der Waals surface area contributed by atoms with Crippen LogP contribution < -0.4 is 9.62 Å². The Kier molecular flexibility index (Phi) is 6.67. The zero-order valence-electron chi connectivity index (χ0n) is 15.1. The molecule has 2 aromatic carbocycles. The van der Waals surface area contributed by atoms with Crippen LogP contribution >= 0.6 is 11.6 Å². The maximum Gasteiger partial charge on any atom is 0.232 e. The highest BCUT2D eigenvalue weighted by Crippen LogP contribution is 2.26. The fourth-order valence-corrected chi connectivity index (χ4v) is 3.66. The Balaban J connectivity index is 2.02. The second kappa shape index (κ2) is 8.56. The number of halogens is 1. The summed E-state index contributed by atoms with van der Waals surface area (Å²) in [7, 11) is -3.53. The van der Waals surface area contributed by atoms with E-state index in [1.54, 1.807) is 25.1 Å². The summed E-state index contributed by atoms with van der Waals surface area (Å²) < 4.78 is 25.6. The van der Waals surface area contributed by atoms with E-state index in [4.69, 9.17) is 11.6 Å². The van der Waals surface area contributed by atoms with E-state index in [9.17, 15) is 13.2 Å². The molecule has 5 nitrogen and oxygen atoms in total. The average Bonchev–Trinajstić information content (AvgIpc) is 2.56. The van der Waals surface area contributed by atoms with Gasteiger partial charge in [-0.3, -0.25) is 9.10 Å². The third-order valence-electron chi connectivity index (χ3n) is 3.99. The van der Waals surface area contributed by atoms with Crippen LogP contribution in [-0.2, 0) is 21.4 Å². The van der Waals surface area contributed by atoms with Gasteiger partial charge in [-0.25, -0.2) is 8.42 Å². The molecule has 0 aromatic heterocycles. The molecule has 0 bridgehead atoms. The Morgan fingerprint density at radius 3 is 2.38 bits per heavy atom. The predicted molar refractivity (Wildman–Crippen MR) is 106 cm³/mol. The minimum absolute atomic E-state index is 0.0553. The number of aryl methyl sites for hydroxylation is 2. The molecule has 0 saturated carbocycles. The van der Waals surface area contributed by atoms with Crippen LogP contribution in [0.15, 0.2) is 42.5 Å². The lowest BCUT2D eigenvalue weighted by molar-refractivity contribution is -0.121. The second-order valence-corrected chi connectivity index (χ2v) is 8.62. The first-order valence-corrected chi connectivity index (χ1v) is 10.5. The smallest absolute Gasteiger partial charge is 0.232 e. The highest BCUT2D eigenvalue weighted by molar-refractivity contribution is 7.92. The molecule has 0 aliphatic carbocycles. The first-order valence-electron chi connectivity index (χ1n) is 8.23. The number of sulfonamides is 1. The van der Waals surface area contributed by atoms with E-state index in [1.165, 1.54) is 4.31 Å². The number of anilines is 1. The molecular formula is C19H23ClN2O3S. The van der Waals surface area contributed by atoms with Crippen LogP contribution in [0.4, 0.5) is 5.69 Å². The van der Waals surface area contributed by atoms with E-state index >= 15 is 0 Å².